The van der Waals surface area contributed by atoms with Crippen LogP contribution >= 0.6 is 11.6 Å². The first kappa shape index (κ1) is 15.0. The minimum atomic E-state index is -4.85. The number of hydrogen-bond donors (Lipinski definition) is 3. The van der Waals surface area contributed by atoms with Crippen molar-refractivity contribution in [2.45, 2.75) is 18.6 Å². The molecule has 4 N–H and O–H groups in total. The summed E-state index contributed by atoms with van der Waals surface area (Å²) < 4.78 is 39.6. The lowest BCUT2D eigenvalue weighted by molar-refractivity contribution is -0.274. The summed E-state index contributed by atoms with van der Waals surface area (Å²) in [7, 11) is 0. The number of rotatable bonds is 4. The van der Waals surface area contributed by atoms with Gasteiger partial charge in [-0.25, -0.2) is 0 Å². The van der Waals surface area contributed by atoms with E-state index in [1.807, 2.05) is 0 Å². The van der Waals surface area contributed by atoms with E-state index >= 15 is 0 Å². The highest BCUT2D eigenvalue weighted by molar-refractivity contribution is 6.32. The largest absolute Gasteiger partial charge is 0.573 e. The molecule has 8 heteroatoms. The normalized spacial score (nSPS) is 15.3. The Morgan fingerprint density at radius 3 is 2.39 bits per heavy atom. The zero-order chi connectivity index (χ0) is 13.9. The molecule has 1 rings (SSSR count). The molecule has 0 aliphatic heterocycles. The molecule has 18 heavy (non-hydrogen) atoms. The molecule has 2 atom stereocenters. The Morgan fingerprint density at radius 1 is 1.33 bits per heavy atom. The van der Waals surface area contributed by atoms with E-state index in [4.69, 9.17) is 17.3 Å². The zero-order valence-corrected chi connectivity index (χ0v) is 9.74. The summed E-state index contributed by atoms with van der Waals surface area (Å²) in [5, 5.41) is 18.6. The molecule has 0 fully saturated rings. The molecule has 2 unspecified atom stereocenters. The minimum absolute atomic E-state index is 0.146. The Balaban J connectivity index is 2.92. The number of ether oxygens (including phenoxy) is 1. The van der Waals surface area contributed by atoms with Gasteiger partial charge in [0.1, 0.15) is 11.9 Å². The average Bonchev–Trinajstić information content (AvgIpc) is 2.28. The Labute approximate surface area is 106 Å². The van der Waals surface area contributed by atoms with Crippen LogP contribution in [-0.2, 0) is 0 Å². The number of benzene rings is 1. The number of nitrogens with two attached hydrogens (primary N) is 1. The van der Waals surface area contributed by atoms with Crippen molar-refractivity contribution in [2.24, 2.45) is 5.73 Å². The third-order valence-corrected chi connectivity index (χ3v) is 2.42. The van der Waals surface area contributed by atoms with E-state index in [9.17, 15) is 23.4 Å². The SMILES string of the molecule is NCC(O)C(O)c1ccc(OC(F)(F)F)c(Cl)c1. The molecular formula is C10H11ClF3NO3. The first-order valence-electron chi connectivity index (χ1n) is 4.86. The van der Waals surface area contributed by atoms with Crippen molar-refractivity contribution in [2.75, 3.05) is 6.54 Å². The van der Waals surface area contributed by atoms with Gasteiger partial charge in [0.05, 0.1) is 11.1 Å². The molecule has 0 spiro atoms. The van der Waals surface area contributed by atoms with Crippen LogP contribution in [0.1, 0.15) is 11.7 Å². The molecule has 4 nitrogen and oxygen atoms in total. The van der Waals surface area contributed by atoms with Crippen LogP contribution in [0, 0.1) is 0 Å². The first-order valence-corrected chi connectivity index (χ1v) is 5.24. The average molecular weight is 286 g/mol. The molecular weight excluding hydrogens is 275 g/mol. The molecule has 0 radical (unpaired) electrons. The number of aliphatic hydroxyl groups is 2. The van der Waals surface area contributed by atoms with Crippen LogP contribution in [0.4, 0.5) is 13.2 Å². The van der Waals surface area contributed by atoms with Gasteiger partial charge in [-0.2, -0.15) is 0 Å². The van der Waals surface area contributed by atoms with Crippen molar-refractivity contribution < 1.29 is 28.1 Å². The fourth-order valence-electron chi connectivity index (χ4n) is 1.26. The van der Waals surface area contributed by atoms with E-state index in [-0.39, 0.29) is 17.1 Å². The van der Waals surface area contributed by atoms with E-state index in [1.165, 1.54) is 0 Å². The van der Waals surface area contributed by atoms with Gasteiger partial charge in [0, 0.05) is 6.54 Å². The van der Waals surface area contributed by atoms with E-state index in [2.05, 4.69) is 4.74 Å². The lowest BCUT2D eigenvalue weighted by atomic mass is 10.0. The molecule has 0 saturated carbocycles. The zero-order valence-electron chi connectivity index (χ0n) is 8.99. The second-order valence-corrected chi connectivity index (χ2v) is 3.89. The molecule has 0 amide bonds. The first-order chi connectivity index (χ1) is 8.24. The second kappa shape index (κ2) is 5.75. The number of aliphatic hydroxyl groups excluding tert-OH is 2. The molecule has 102 valence electrons. The third-order valence-electron chi connectivity index (χ3n) is 2.13. The summed E-state index contributed by atoms with van der Waals surface area (Å²) in [6, 6.07) is 3.19. The lowest BCUT2D eigenvalue weighted by Gasteiger charge is -2.17. The number of halogens is 4. The fraction of sp³-hybridized carbons (Fsp3) is 0.400. The maximum Gasteiger partial charge on any atom is 0.573 e. The molecule has 0 aliphatic carbocycles. The van der Waals surface area contributed by atoms with Crippen molar-refractivity contribution in [1.82, 2.24) is 0 Å². The van der Waals surface area contributed by atoms with Gasteiger partial charge in [-0.15, -0.1) is 13.2 Å². The van der Waals surface area contributed by atoms with Gasteiger partial charge in [0.2, 0.25) is 0 Å². The van der Waals surface area contributed by atoms with Gasteiger partial charge in [-0.3, -0.25) is 0 Å². The van der Waals surface area contributed by atoms with Crippen LogP contribution in [-0.4, -0.2) is 29.2 Å². The maximum atomic E-state index is 12.0. The standard InChI is InChI=1S/C10H11ClF3NO3/c11-6-3-5(9(17)7(16)4-15)1-2-8(6)18-10(12,13)14/h1-3,7,9,16-17H,4,15H2. The molecule has 0 heterocycles. The van der Waals surface area contributed by atoms with Gasteiger partial charge < -0.3 is 20.7 Å². The monoisotopic (exact) mass is 285 g/mol. The molecule has 1 aromatic rings. The molecule has 1 aromatic carbocycles. The van der Waals surface area contributed by atoms with Crippen LogP contribution in [0.25, 0.3) is 0 Å². The highest BCUT2D eigenvalue weighted by Gasteiger charge is 2.32. The van der Waals surface area contributed by atoms with Crippen LogP contribution in [0.5, 0.6) is 5.75 Å². The Hall–Kier alpha value is -1.02. The second-order valence-electron chi connectivity index (χ2n) is 3.49. The topological polar surface area (TPSA) is 75.7 Å². The Morgan fingerprint density at radius 2 is 1.94 bits per heavy atom. The van der Waals surface area contributed by atoms with E-state index in [0.29, 0.717) is 0 Å². The summed E-state index contributed by atoms with van der Waals surface area (Å²) >= 11 is 5.58. The van der Waals surface area contributed by atoms with E-state index in [0.717, 1.165) is 18.2 Å². The molecule has 0 aliphatic rings. The quantitative estimate of drug-likeness (QED) is 0.785. The highest BCUT2D eigenvalue weighted by Crippen LogP contribution is 2.32. The maximum absolute atomic E-state index is 12.0. The third kappa shape index (κ3) is 4.02. The molecule has 0 bridgehead atoms. The lowest BCUT2D eigenvalue weighted by Crippen LogP contribution is -2.27. The van der Waals surface area contributed by atoms with Crippen molar-refractivity contribution >= 4 is 11.6 Å². The fourth-order valence-corrected chi connectivity index (χ4v) is 1.49. The summed E-state index contributed by atoms with van der Waals surface area (Å²) in [4.78, 5) is 0. The van der Waals surface area contributed by atoms with Crippen LogP contribution in [0.2, 0.25) is 5.02 Å². The van der Waals surface area contributed by atoms with E-state index < -0.39 is 24.3 Å². The summed E-state index contributed by atoms with van der Waals surface area (Å²) in [5.41, 5.74) is 5.29. The highest BCUT2D eigenvalue weighted by atomic mass is 35.5. The predicted molar refractivity (Wildman–Crippen MR) is 58.2 cm³/mol. The Bertz CT molecular complexity index is 414. The van der Waals surface area contributed by atoms with Crippen molar-refractivity contribution in [1.29, 1.82) is 0 Å². The number of hydrogen-bond acceptors (Lipinski definition) is 4. The van der Waals surface area contributed by atoms with Crippen molar-refractivity contribution in [3.8, 4) is 5.75 Å². The van der Waals surface area contributed by atoms with E-state index in [1.54, 1.807) is 0 Å². The minimum Gasteiger partial charge on any atom is -0.404 e. The summed E-state index contributed by atoms with van der Waals surface area (Å²) in [6.45, 7) is -0.195. The van der Waals surface area contributed by atoms with Gasteiger partial charge >= 0.3 is 6.36 Å². The van der Waals surface area contributed by atoms with Gasteiger partial charge in [-0.1, -0.05) is 17.7 Å². The van der Waals surface area contributed by atoms with Gasteiger partial charge in [0.25, 0.3) is 0 Å². The van der Waals surface area contributed by atoms with Crippen molar-refractivity contribution in [3.63, 3.8) is 0 Å². The smallest absolute Gasteiger partial charge is 0.404 e. The van der Waals surface area contributed by atoms with Crippen LogP contribution in [0.3, 0.4) is 0 Å². The summed E-state index contributed by atoms with van der Waals surface area (Å²) in [5.74, 6) is -0.581. The van der Waals surface area contributed by atoms with Crippen molar-refractivity contribution in [3.05, 3.63) is 28.8 Å². The van der Waals surface area contributed by atoms with Gasteiger partial charge in [-0.05, 0) is 17.7 Å². The predicted octanol–water partition coefficient (Wildman–Crippen LogP) is 1.59. The molecule has 0 aromatic heterocycles. The number of alkyl halides is 3. The van der Waals surface area contributed by atoms with Crippen LogP contribution < -0.4 is 10.5 Å². The summed E-state index contributed by atoms with van der Waals surface area (Å²) in [6.07, 6.45) is -7.40. The van der Waals surface area contributed by atoms with Crippen LogP contribution in [0.15, 0.2) is 18.2 Å². The Kier molecular flexibility index (Phi) is 4.80. The molecule has 0 saturated heterocycles. The van der Waals surface area contributed by atoms with Gasteiger partial charge in [0.15, 0.2) is 0 Å².